The van der Waals surface area contributed by atoms with Gasteiger partial charge in [-0.25, -0.2) is 0 Å². The molecule has 77 heavy (non-hydrogen) atoms. The Kier molecular flexibility index (Phi) is 65.4. The molecule has 0 aromatic rings. The number of hydrogen-bond acceptors (Lipinski definition) is 5. The van der Waals surface area contributed by atoms with E-state index in [0.29, 0.717) is 19.4 Å². The quantitative estimate of drug-likeness (QED) is 0.0320. The monoisotopic (exact) mass is 1080 g/mol. The lowest BCUT2D eigenvalue weighted by atomic mass is 10.0. The Bertz CT molecular complexity index is 1200. The molecular formula is C71H137NO5. The first-order valence-corrected chi connectivity index (χ1v) is 35.1. The Balaban J connectivity index is 3.43. The first-order valence-electron chi connectivity index (χ1n) is 35.1. The van der Waals surface area contributed by atoms with Gasteiger partial charge in [0.25, 0.3) is 0 Å². The number of unbranched alkanes of at least 4 members (excludes halogenated alkanes) is 53. The van der Waals surface area contributed by atoms with Crippen LogP contribution in [-0.2, 0) is 14.3 Å². The highest BCUT2D eigenvalue weighted by atomic mass is 16.5. The Labute approximate surface area is 481 Å². The summed E-state index contributed by atoms with van der Waals surface area (Å²) < 4.78 is 5.50. The standard InChI is InChI=1S/C71H137NO5/c1-3-5-7-9-11-13-15-17-19-21-23-25-28-31-35-39-43-47-51-55-59-63-69(74)68(67-73)72-70(75)64-60-56-52-48-44-40-36-32-29-26-24-27-30-34-38-42-46-50-54-58-62-66-77-71(76)65-61-57-53-49-45-41-37-33-22-20-18-16-14-12-10-8-6-4-2/h26,29,59,63,68-69,73-74H,3-25,27-28,30-58,60-62,64-67H2,1-2H3,(H,72,75)/b29-26-,63-59+. The number of hydrogen-bond donors (Lipinski definition) is 3. The van der Waals surface area contributed by atoms with Gasteiger partial charge in [0.2, 0.25) is 5.91 Å². The summed E-state index contributed by atoms with van der Waals surface area (Å²) in [5.41, 5.74) is 0. The Morgan fingerprint density at radius 3 is 0.922 bits per heavy atom. The molecule has 0 saturated heterocycles. The second-order valence-electron chi connectivity index (χ2n) is 24.2. The third-order valence-corrected chi connectivity index (χ3v) is 16.5. The van der Waals surface area contributed by atoms with Gasteiger partial charge in [-0.2, -0.15) is 0 Å². The summed E-state index contributed by atoms with van der Waals surface area (Å²) in [5, 5.41) is 23.2. The normalized spacial score (nSPS) is 12.6. The van der Waals surface area contributed by atoms with Crippen LogP contribution in [0.5, 0.6) is 0 Å². The number of esters is 1. The van der Waals surface area contributed by atoms with Crippen LogP contribution < -0.4 is 5.32 Å². The zero-order valence-electron chi connectivity index (χ0n) is 52.2. The minimum absolute atomic E-state index is 0.0129. The van der Waals surface area contributed by atoms with Gasteiger partial charge in [0.1, 0.15) is 0 Å². The first kappa shape index (κ1) is 75.3. The summed E-state index contributed by atoms with van der Waals surface area (Å²) in [4.78, 5) is 24.6. The highest BCUT2D eigenvalue weighted by molar-refractivity contribution is 5.76. The molecule has 0 aliphatic heterocycles. The van der Waals surface area contributed by atoms with Crippen molar-refractivity contribution in [2.75, 3.05) is 13.2 Å². The number of rotatable bonds is 66. The molecule has 6 nitrogen and oxygen atoms in total. The van der Waals surface area contributed by atoms with Gasteiger partial charge in [0.15, 0.2) is 0 Å². The van der Waals surface area contributed by atoms with Crippen LogP contribution in [0.3, 0.4) is 0 Å². The maximum atomic E-state index is 12.5. The minimum atomic E-state index is -0.850. The zero-order valence-corrected chi connectivity index (χ0v) is 52.2. The van der Waals surface area contributed by atoms with Crippen molar-refractivity contribution in [2.45, 2.75) is 405 Å². The van der Waals surface area contributed by atoms with E-state index in [1.54, 1.807) is 6.08 Å². The van der Waals surface area contributed by atoms with Crippen molar-refractivity contribution >= 4 is 11.9 Å². The van der Waals surface area contributed by atoms with Crippen molar-refractivity contribution in [1.82, 2.24) is 5.32 Å². The zero-order chi connectivity index (χ0) is 55.7. The fourth-order valence-electron chi connectivity index (χ4n) is 11.1. The molecule has 456 valence electrons. The molecule has 6 heteroatoms. The summed E-state index contributed by atoms with van der Waals surface area (Å²) in [6, 6.07) is -0.634. The van der Waals surface area contributed by atoms with Gasteiger partial charge in [-0.3, -0.25) is 9.59 Å². The lowest BCUT2D eigenvalue weighted by molar-refractivity contribution is -0.143. The molecule has 2 atom stereocenters. The molecule has 1 amide bonds. The molecule has 0 radical (unpaired) electrons. The van der Waals surface area contributed by atoms with Crippen LogP contribution >= 0.6 is 0 Å². The third-order valence-electron chi connectivity index (χ3n) is 16.5. The van der Waals surface area contributed by atoms with E-state index in [1.165, 1.54) is 321 Å². The molecule has 0 aliphatic rings. The van der Waals surface area contributed by atoms with Gasteiger partial charge >= 0.3 is 5.97 Å². The Hall–Kier alpha value is -1.66. The molecule has 0 aliphatic carbocycles. The average Bonchev–Trinajstić information content (AvgIpc) is 3.43. The molecule has 0 heterocycles. The van der Waals surface area contributed by atoms with Gasteiger partial charge < -0.3 is 20.3 Å². The van der Waals surface area contributed by atoms with Crippen LogP contribution in [0.25, 0.3) is 0 Å². The van der Waals surface area contributed by atoms with E-state index in [1.807, 2.05) is 6.08 Å². The van der Waals surface area contributed by atoms with E-state index in [-0.39, 0.29) is 18.5 Å². The molecular weight excluding hydrogens is 947 g/mol. The summed E-state index contributed by atoms with van der Waals surface area (Å²) in [5.74, 6) is -0.0590. The molecule has 0 rings (SSSR count). The molecule has 0 fully saturated rings. The number of nitrogens with one attached hydrogen (secondary N) is 1. The maximum absolute atomic E-state index is 12.5. The van der Waals surface area contributed by atoms with E-state index in [0.717, 1.165) is 44.9 Å². The van der Waals surface area contributed by atoms with Crippen LogP contribution in [0.2, 0.25) is 0 Å². The van der Waals surface area contributed by atoms with Crippen LogP contribution in [0.15, 0.2) is 24.3 Å². The third kappa shape index (κ3) is 63.4. The summed E-state index contributed by atoms with van der Waals surface area (Å²) in [6.07, 6.45) is 83.9. The number of amides is 1. The smallest absolute Gasteiger partial charge is 0.305 e. The first-order chi connectivity index (χ1) is 38.0. The van der Waals surface area contributed by atoms with Gasteiger partial charge in [-0.1, -0.05) is 346 Å². The second kappa shape index (κ2) is 66.8. The van der Waals surface area contributed by atoms with Crippen LogP contribution in [0, 0.1) is 0 Å². The van der Waals surface area contributed by atoms with Crippen molar-refractivity contribution < 1.29 is 24.5 Å². The van der Waals surface area contributed by atoms with Gasteiger partial charge in [0.05, 0.1) is 25.4 Å². The molecule has 3 N–H and O–H groups in total. The number of ether oxygens (including phenoxy) is 1. The van der Waals surface area contributed by atoms with Crippen molar-refractivity contribution in [2.24, 2.45) is 0 Å². The molecule has 0 aromatic heterocycles. The van der Waals surface area contributed by atoms with E-state index in [4.69, 9.17) is 4.74 Å². The minimum Gasteiger partial charge on any atom is -0.466 e. The molecule has 2 unspecified atom stereocenters. The number of allylic oxidation sites excluding steroid dienone is 3. The maximum Gasteiger partial charge on any atom is 0.305 e. The predicted molar refractivity (Wildman–Crippen MR) is 338 cm³/mol. The average molecular weight is 1080 g/mol. The fourth-order valence-corrected chi connectivity index (χ4v) is 11.1. The molecule has 0 spiro atoms. The lowest BCUT2D eigenvalue weighted by Crippen LogP contribution is -2.45. The summed E-state index contributed by atoms with van der Waals surface area (Å²) >= 11 is 0. The lowest BCUT2D eigenvalue weighted by Gasteiger charge is -2.20. The van der Waals surface area contributed by atoms with Crippen molar-refractivity contribution in [3.63, 3.8) is 0 Å². The Morgan fingerprint density at radius 1 is 0.351 bits per heavy atom. The van der Waals surface area contributed by atoms with Crippen molar-refractivity contribution in [3.8, 4) is 0 Å². The van der Waals surface area contributed by atoms with Gasteiger partial charge in [-0.15, -0.1) is 0 Å². The Morgan fingerprint density at radius 2 is 0.610 bits per heavy atom. The van der Waals surface area contributed by atoms with E-state index >= 15 is 0 Å². The van der Waals surface area contributed by atoms with E-state index < -0.39 is 12.1 Å². The van der Waals surface area contributed by atoms with Crippen molar-refractivity contribution in [1.29, 1.82) is 0 Å². The van der Waals surface area contributed by atoms with Crippen LogP contribution in [0.1, 0.15) is 393 Å². The van der Waals surface area contributed by atoms with Gasteiger partial charge in [0, 0.05) is 12.8 Å². The van der Waals surface area contributed by atoms with Crippen LogP contribution in [-0.4, -0.2) is 47.4 Å². The van der Waals surface area contributed by atoms with Crippen LogP contribution in [0.4, 0.5) is 0 Å². The fraction of sp³-hybridized carbons (Fsp3) is 0.915. The highest BCUT2D eigenvalue weighted by Gasteiger charge is 2.18. The SMILES string of the molecule is CCCCCCCCCCCCCCCCCCCCC/C=C/C(O)C(CO)NC(=O)CCCCCCCCC/C=C\CCCCCCCCCCCCOC(=O)CCCCCCCCCCCCCCCCCCCC. The second-order valence-corrected chi connectivity index (χ2v) is 24.2. The van der Waals surface area contributed by atoms with E-state index in [9.17, 15) is 19.8 Å². The van der Waals surface area contributed by atoms with Gasteiger partial charge in [-0.05, 0) is 57.8 Å². The number of aliphatic hydroxyl groups is 2. The van der Waals surface area contributed by atoms with E-state index in [2.05, 4.69) is 31.3 Å². The topological polar surface area (TPSA) is 95.9 Å². The number of aliphatic hydroxyl groups excluding tert-OH is 2. The molecule has 0 bridgehead atoms. The summed E-state index contributed by atoms with van der Waals surface area (Å²) in [6.45, 7) is 4.94. The number of carbonyl (C=O) groups excluding carboxylic acids is 2. The predicted octanol–water partition coefficient (Wildman–Crippen LogP) is 22.5. The highest BCUT2D eigenvalue weighted by Crippen LogP contribution is 2.19. The summed E-state index contributed by atoms with van der Waals surface area (Å²) in [7, 11) is 0. The molecule has 0 aromatic carbocycles. The van der Waals surface area contributed by atoms with Crippen molar-refractivity contribution in [3.05, 3.63) is 24.3 Å². The largest absolute Gasteiger partial charge is 0.466 e. The number of carbonyl (C=O) groups is 2. The molecule has 0 saturated carbocycles.